The van der Waals surface area contributed by atoms with Crippen molar-refractivity contribution < 1.29 is 4.74 Å². The predicted octanol–water partition coefficient (Wildman–Crippen LogP) is 4.73. The molecule has 0 spiro atoms. The second-order valence-corrected chi connectivity index (χ2v) is 11.3. The molecule has 2 bridgehead atoms. The molecule has 7 heteroatoms. The second kappa shape index (κ2) is 6.34. The van der Waals surface area contributed by atoms with Gasteiger partial charge in [0.2, 0.25) is 0 Å². The molecule has 0 aromatic carbocycles. The van der Waals surface area contributed by atoms with Gasteiger partial charge in [0.15, 0.2) is 5.65 Å². The minimum absolute atomic E-state index is 0.0384. The largest absolute Gasteiger partial charge is 0.370 e. The van der Waals surface area contributed by atoms with Gasteiger partial charge in [0, 0.05) is 29.3 Å². The van der Waals surface area contributed by atoms with Gasteiger partial charge >= 0.3 is 0 Å². The first-order chi connectivity index (χ1) is 15.4. The molecular formula is C25H30N6O. The molecule has 7 nitrogen and oxygen atoms in total. The van der Waals surface area contributed by atoms with Crippen LogP contribution in [0.2, 0.25) is 0 Å². The van der Waals surface area contributed by atoms with Gasteiger partial charge in [-0.05, 0) is 64.2 Å². The van der Waals surface area contributed by atoms with Crippen molar-refractivity contribution >= 4 is 11.2 Å². The number of ether oxygens (including phenoxy) is 1. The van der Waals surface area contributed by atoms with Crippen LogP contribution in [0.4, 0.5) is 0 Å². The lowest BCUT2D eigenvalue weighted by Crippen LogP contribution is -2.63. The Morgan fingerprint density at radius 1 is 1.06 bits per heavy atom. The first-order valence-corrected chi connectivity index (χ1v) is 12.1. The molecule has 0 N–H and O–H groups in total. The van der Waals surface area contributed by atoms with E-state index < -0.39 is 0 Å². The number of hydrogen-bond acceptors (Lipinski definition) is 6. The van der Waals surface area contributed by atoms with E-state index in [1.165, 1.54) is 37.7 Å². The fourth-order valence-corrected chi connectivity index (χ4v) is 6.74. The third-order valence-corrected chi connectivity index (χ3v) is 8.13. The Morgan fingerprint density at radius 2 is 1.88 bits per heavy atom. The maximum absolute atomic E-state index is 6.36. The molecule has 4 saturated carbocycles. The molecule has 5 fully saturated rings. The van der Waals surface area contributed by atoms with Crippen LogP contribution in [0.1, 0.15) is 99.6 Å². The van der Waals surface area contributed by atoms with Gasteiger partial charge in [0.1, 0.15) is 11.3 Å². The average molecular weight is 431 g/mol. The highest BCUT2D eigenvalue weighted by atomic mass is 16.5. The molecule has 32 heavy (non-hydrogen) atoms. The zero-order chi connectivity index (χ0) is 21.7. The van der Waals surface area contributed by atoms with Crippen molar-refractivity contribution in [3.05, 3.63) is 41.4 Å². The second-order valence-electron chi connectivity index (χ2n) is 11.3. The van der Waals surface area contributed by atoms with Crippen LogP contribution in [0.5, 0.6) is 0 Å². The first-order valence-electron chi connectivity index (χ1n) is 12.1. The molecule has 1 aliphatic heterocycles. The van der Waals surface area contributed by atoms with Gasteiger partial charge in [-0.1, -0.05) is 6.92 Å². The molecule has 5 aliphatic rings. The summed E-state index contributed by atoms with van der Waals surface area (Å²) in [7, 11) is 0. The van der Waals surface area contributed by atoms with E-state index >= 15 is 0 Å². The van der Waals surface area contributed by atoms with E-state index in [-0.39, 0.29) is 23.5 Å². The fraction of sp³-hybridized carbons (Fsp3) is 0.640. The van der Waals surface area contributed by atoms with Crippen molar-refractivity contribution in [2.24, 2.45) is 5.41 Å². The molecule has 8 rings (SSSR count). The monoisotopic (exact) mass is 430 g/mol. The van der Waals surface area contributed by atoms with Gasteiger partial charge < -0.3 is 4.74 Å². The summed E-state index contributed by atoms with van der Waals surface area (Å²) < 4.78 is 8.47. The highest BCUT2D eigenvalue weighted by Crippen LogP contribution is 2.73. The molecule has 0 amide bonds. The molecule has 3 unspecified atom stereocenters. The molecule has 0 radical (unpaired) electrons. The first kappa shape index (κ1) is 19.1. The van der Waals surface area contributed by atoms with E-state index in [9.17, 15) is 0 Å². The van der Waals surface area contributed by atoms with E-state index in [0.29, 0.717) is 11.5 Å². The normalized spacial score (nSPS) is 36.0. The Bertz CT molecular complexity index is 1210. The molecular weight excluding hydrogens is 400 g/mol. The van der Waals surface area contributed by atoms with Crippen molar-refractivity contribution in [2.45, 2.75) is 95.3 Å². The van der Waals surface area contributed by atoms with Crippen molar-refractivity contribution in [1.82, 2.24) is 29.7 Å². The minimum Gasteiger partial charge on any atom is -0.370 e. The third kappa shape index (κ3) is 2.86. The van der Waals surface area contributed by atoms with Gasteiger partial charge in [-0.25, -0.2) is 19.9 Å². The Labute approximate surface area is 188 Å². The Morgan fingerprint density at radius 3 is 2.62 bits per heavy atom. The summed E-state index contributed by atoms with van der Waals surface area (Å²) in [6.45, 7) is 6.54. The zero-order valence-corrected chi connectivity index (χ0v) is 19.1. The van der Waals surface area contributed by atoms with E-state index in [1.807, 2.05) is 19.3 Å². The van der Waals surface area contributed by atoms with Crippen molar-refractivity contribution in [3.8, 4) is 0 Å². The summed E-state index contributed by atoms with van der Waals surface area (Å²) in [5.41, 5.74) is 5.60. The molecule has 3 aromatic heterocycles. The molecule has 4 heterocycles. The number of nitrogens with zero attached hydrogens (tertiary/aromatic N) is 6. The lowest BCUT2D eigenvalue weighted by molar-refractivity contribution is -0.127. The van der Waals surface area contributed by atoms with E-state index in [2.05, 4.69) is 29.8 Å². The minimum atomic E-state index is 0.0384. The van der Waals surface area contributed by atoms with Crippen LogP contribution in [0.25, 0.3) is 11.2 Å². The van der Waals surface area contributed by atoms with Crippen LogP contribution >= 0.6 is 0 Å². The highest BCUT2D eigenvalue weighted by Gasteiger charge is 2.67. The molecule has 3 atom stereocenters. The quantitative estimate of drug-likeness (QED) is 0.596. The number of hydrogen-bond donors (Lipinski definition) is 0. The van der Waals surface area contributed by atoms with Crippen molar-refractivity contribution in [1.29, 1.82) is 0 Å². The molecule has 4 aliphatic carbocycles. The lowest BCUT2D eigenvalue weighted by atomic mass is 9.35. The number of aryl methyl sites for hydroxylation is 1. The smallest absolute Gasteiger partial charge is 0.182 e. The molecule has 166 valence electrons. The van der Waals surface area contributed by atoms with Crippen LogP contribution in [0.3, 0.4) is 0 Å². The summed E-state index contributed by atoms with van der Waals surface area (Å²) in [6.07, 6.45) is 14.2. The van der Waals surface area contributed by atoms with Crippen molar-refractivity contribution in [3.63, 3.8) is 0 Å². The lowest BCUT2D eigenvalue weighted by Gasteiger charge is -2.69. The zero-order valence-electron chi connectivity index (χ0n) is 19.1. The van der Waals surface area contributed by atoms with Crippen LogP contribution in [-0.4, -0.2) is 35.8 Å². The standard InChI is InChI=1S/C25H30N6O/c1-14-8-26-20-21(25-11-24(3,12-25)13-25)29-22(30-23(20)28-14)16-6-15(2)32-19(7-16)17-9-27-31(10-17)18-4-5-18/h8-10,15-16,18-19H,4-7,11-13H2,1-3H3. The van der Waals surface area contributed by atoms with E-state index in [4.69, 9.17) is 24.7 Å². The summed E-state index contributed by atoms with van der Waals surface area (Å²) in [5, 5.41) is 4.59. The van der Waals surface area contributed by atoms with E-state index in [0.717, 1.165) is 41.2 Å². The van der Waals surface area contributed by atoms with Crippen molar-refractivity contribution in [2.75, 3.05) is 0 Å². The van der Waals surface area contributed by atoms with Gasteiger partial charge in [0.25, 0.3) is 0 Å². The fourth-order valence-electron chi connectivity index (χ4n) is 6.74. The highest BCUT2D eigenvalue weighted by molar-refractivity contribution is 5.75. The van der Waals surface area contributed by atoms with E-state index in [1.54, 1.807) is 0 Å². The Kier molecular flexibility index (Phi) is 3.78. The van der Waals surface area contributed by atoms with Gasteiger partial charge in [0.05, 0.1) is 35.8 Å². The SMILES string of the molecule is Cc1cnc2c(C34CC(C)(C3)C4)nc(C3CC(C)OC(c4cnn(C5CC5)c4)C3)nc2n1. The van der Waals surface area contributed by atoms with Crippen LogP contribution < -0.4 is 0 Å². The van der Waals surface area contributed by atoms with Crippen LogP contribution in [0.15, 0.2) is 18.6 Å². The maximum Gasteiger partial charge on any atom is 0.182 e. The Balaban J connectivity index is 1.26. The molecule has 1 saturated heterocycles. The summed E-state index contributed by atoms with van der Waals surface area (Å²) in [5.74, 6) is 1.18. The topological polar surface area (TPSA) is 78.6 Å². The van der Waals surface area contributed by atoms with Crippen LogP contribution in [-0.2, 0) is 10.2 Å². The summed E-state index contributed by atoms with van der Waals surface area (Å²) in [4.78, 5) is 19.7. The maximum atomic E-state index is 6.36. The van der Waals surface area contributed by atoms with Gasteiger partial charge in [-0.15, -0.1) is 0 Å². The molecule has 3 aromatic rings. The number of fused-ring (bicyclic) bond motifs is 1. The predicted molar refractivity (Wildman–Crippen MR) is 119 cm³/mol. The van der Waals surface area contributed by atoms with Crippen LogP contribution in [0, 0.1) is 12.3 Å². The Hall–Kier alpha value is -2.41. The summed E-state index contributed by atoms with van der Waals surface area (Å²) >= 11 is 0. The van der Waals surface area contributed by atoms with Gasteiger partial charge in [-0.3, -0.25) is 4.68 Å². The number of aromatic nitrogens is 6. The third-order valence-electron chi connectivity index (χ3n) is 8.13. The summed E-state index contributed by atoms with van der Waals surface area (Å²) in [6, 6.07) is 0.587. The number of rotatable bonds is 4. The average Bonchev–Trinajstić information content (AvgIpc) is 3.45. The van der Waals surface area contributed by atoms with Gasteiger partial charge in [-0.2, -0.15) is 5.10 Å².